The van der Waals surface area contributed by atoms with Crippen molar-refractivity contribution >= 4 is 16.1 Å². The first kappa shape index (κ1) is 19.7. The van der Waals surface area contributed by atoms with Crippen LogP contribution in [0.25, 0.3) is 0 Å². The highest BCUT2D eigenvalue weighted by Crippen LogP contribution is 2.22. The van der Waals surface area contributed by atoms with E-state index in [-0.39, 0.29) is 17.5 Å². The lowest BCUT2D eigenvalue weighted by molar-refractivity contribution is 0.186. The molecule has 0 unspecified atom stereocenters. The molecule has 0 radical (unpaired) electrons. The standard InChI is InChI=1S/C17H27N3O4S/c1-3-8-18-17(22)20-10-7-14-11-16(5-4-15(14)12-20)25(23,24)19-9-6-13(2)21/h4-5,11,13,19,21H,3,6-10,12H2,1-2H3,(H,18,22)/t13-/m1/s1. The van der Waals surface area contributed by atoms with Crippen molar-refractivity contribution < 1.29 is 18.3 Å². The average Bonchev–Trinajstić information content (AvgIpc) is 2.58. The lowest BCUT2D eigenvalue weighted by Crippen LogP contribution is -2.43. The zero-order chi connectivity index (χ0) is 18.4. The van der Waals surface area contributed by atoms with Crippen molar-refractivity contribution in [2.45, 2.75) is 50.7 Å². The third-order valence-corrected chi connectivity index (χ3v) is 5.63. The number of benzene rings is 1. The topological polar surface area (TPSA) is 98.7 Å². The van der Waals surface area contributed by atoms with Gasteiger partial charge in [0.15, 0.2) is 0 Å². The van der Waals surface area contributed by atoms with Crippen molar-refractivity contribution in [3.8, 4) is 0 Å². The van der Waals surface area contributed by atoms with Crippen LogP contribution in [0.4, 0.5) is 4.79 Å². The van der Waals surface area contributed by atoms with Gasteiger partial charge in [0.05, 0.1) is 11.0 Å². The molecule has 1 aliphatic rings. The molecule has 0 aliphatic carbocycles. The third kappa shape index (κ3) is 5.42. The van der Waals surface area contributed by atoms with Gasteiger partial charge < -0.3 is 15.3 Å². The molecule has 0 spiro atoms. The van der Waals surface area contributed by atoms with Crippen LogP contribution in [-0.2, 0) is 23.0 Å². The summed E-state index contributed by atoms with van der Waals surface area (Å²) in [6, 6.07) is 4.94. The number of aliphatic hydroxyl groups excluding tert-OH is 1. The molecule has 0 saturated heterocycles. The van der Waals surface area contributed by atoms with E-state index in [1.807, 2.05) is 6.92 Å². The Labute approximate surface area is 149 Å². The predicted octanol–water partition coefficient (Wildman–Crippen LogP) is 1.21. The number of aliphatic hydroxyl groups is 1. The third-order valence-electron chi connectivity index (χ3n) is 4.17. The molecule has 1 heterocycles. The van der Waals surface area contributed by atoms with Crippen LogP contribution in [0.5, 0.6) is 0 Å². The Hall–Kier alpha value is -1.64. The van der Waals surface area contributed by atoms with Crippen LogP contribution in [0.1, 0.15) is 37.8 Å². The number of urea groups is 1. The molecule has 7 nitrogen and oxygen atoms in total. The second-order valence-electron chi connectivity index (χ2n) is 6.37. The number of hydrogen-bond acceptors (Lipinski definition) is 4. The van der Waals surface area contributed by atoms with Crippen LogP contribution in [-0.4, -0.2) is 50.2 Å². The fourth-order valence-electron chi connectivity index (χ4n) is 2.70. The maximum absolute atomic E-state index is 12.3. The van der Waals surface area contributed by atoms with E-state index in [0.717, 1.165) is 17.5 Å². The van der Waals surface area contributed by atoms with Crippen LogP contribution in [0, 0.1) is 0 Å². The minimum atomic E-state index is -3.59. The Kier molecular flexibility index (Phi) is 6.80. The summed E-state index contributed by atoms with van der Waals surface area (Å²) < 4.78 is 27.1. The highest BCUT2D eigenvalue weighted by Gasteiger charge is 2.22. The molecule has 8 heteroatoms. The molecular weight excluding hydrogens is 342 g/mol. The fourth-order valence-corrected chi connectivity index (χ4v) is 3.80. The number of nitrogens with zero attached hydrogens (tertiary/aromatic N) is 1. The summed E-state index contributed by atoms with van der Waals surface area (Å²) in [7, 11) is -3.59. The molecule has 1 aliphatic heterocycles. The van der Waals surface area contributed by atoms with Crippen LogP contribution >= 0.6 is 0 Å². The van der Waals surface area contributed by atoms with Crippen molar-refractivity contribution in [1.29, 1.82) is 0 Å². The van der Waals surface area contributed by atoms with Gasteiger partial charge in [-0.2, -0.15) is 0 Å². The molecule has 0 fully saturated rings. The largest absolute Gasteiger partial charge is 0.393 e. The van der Waals surface area contributed by atoms with E-state index >= 15 is 0 Å². The quantitative estimate of drug-likeness (QED) is 0.673. The van der Waals surface area contributed by atoms with Gasteiger partial charge in [-0.1, -0.05) is 13.0 Å². The van der Waals surface area contributed by atoms with Gasteiger partial charge in [0, 0.05) is 26.2 Å². The van der Waals surface area contributed by atoms with E-state index in [1.54, 1.807) is 30.0 Å². The second kappa shape index (κ2) is 8.64. The number of hydrogen-bond donors (Lipinski definition) is 3. The number of amides is 2. The van der Waals surface area contributed by atoms with Gasteiger partial charge in [0.25, 0.3) is 0 Å². The van der Waals surface area contributed by atoms with Gasteiger partial charge in [0.1, 0.15) is 0 Å². The molecule has 2 amide bonds. The molecule has 0 saturated carbocycles. The number of fused-ring (bicyclic) bond motifs is 1. The van der Waals surface area contributed by atoms with E-state index < -0.39 is 16.1 Å². The maximum atomic E-state index is 12.3. The molecule has 3 N–H and O–H groups in total. The molecule has 0 bridgehead atoms. The van der Waals surface area contributed by atoms with E-state index in [1.165, 1.54) is 0 Å². The van der Waals surface area contributed by atoms with Gasteiger partial charge in [-0.25, -0.2) is 17.9 Å². The zero-order valence-electron chi connectivity index (χ0n) is 14.8. The second-order valence-corrected chi connectivity index (χ2v) is 8.14. The van der Waals surface area contributed by atoms with Crippen LogP contribution in [0.2, 0.25) is 0 Å². The first-order valence-corrected chi connectivity index (χ1v) is 10.1. The Morgan fingerprint density at radius 1 is 1.32 bits per heavy atom. The number of sulfonamides is 1. The monoisotopic (exact) mass is 369 g/mol. The minimum Gasteiger partial charge on any atom is -0.393 e. The zero-order valence-corrected chi connectivity index (χ0v) is 15.6. The SMILES string of the molecule is CCCNC(=O)N1CCc2cc(S(=O)(=O)NCC[C@@H](C)O)ccc2C1. The highest BCUT2D eigenvalue weighted by molar-refractivity contribution is 7.89. The fraction of sp³-hybridized carbons (Fsp3) is 0.588. The number of carbonyl (C=O) groups is 1. The summed E-state index contributed by atoms with van der Waals surface area (Å²) >= 11 is 0. The molecule has 1 atom stereocenters. The summed E-state index contributed by atoms with van der Waals surface area (Å²) in [5.74, 6) is 0. The number of rotatable bonds is 7. The summed E-state index contributed by atoms with van der Waals surface area (Å²) in [5.41, 5.74) is 1.93. The normalized spacial score (nSPS) is 15.6. The molecule has 25 heavy (non-hydrogen) atoms. The molecule has 140 valence electrons. The highest BCUT2D eigenvalue weighted by atomic mass is 32.2. The van der Waals surface area contributed by atoms with Crippen molar-refractivity contribution in [1.82, 2.24) is 14.9 Å². The first-order chi connectivity index (χ1) is 11.8. The van der Waals surface area contributed by atoms with Gasteiger partial charge in [-0.15, -0.1) is 0 Å². The van der Waals surface area contributed by atoms with Crippen LogP contribution in [0.3, 0.4) is 0 Å². The lowest BCUT2D eigenvalue weighted by Gasteiger charge is -2.29. The molecule has 1 aromatic carbocycles. The van der Waals surface area contributed by atoms with Gasteiger partial charge >= 0.3 is 6.03 Å². The van der Waals surface area contributed by atoms with Crippen molar-refractivity contribution in [2.24, 2.45) is 0 Å². The van der Waals surface area contributed by atoms with Crippen molar-refractivity contribution in [3.63, 3.8) is 0 Å². The molecule has 2 rings (SSSR count). The maximum Gasteiger partial charge on any atom is 0.317 e. The number of carbonyl (C=O) groups excluding carboxylic acids is 1. The summed E-state index contributed by atoms with van der Waals surface area (Å²) in [6.45, 7) is 5.53. The Balaban J connectivity index is 2.05. The smallest absolute Gasteiger partial charge is 0.317 e. The van der Waals surface area contributed by atoms with Gasteiger partial charge in [0.2, 0.25) is 10.0 Å². The van der Waals surface area contributed by atoms with E-state index in [0.29, 0.717) is 32.5 Å². The molecule has 0 aromatic heterocycles. The first-order valence-electron chi connectivity index (χ1n) is 8.65. The summed E-state index contributed by atoms with van der Waals surface area (Å²) in [4.78, 5) is 14.0. The molecular formula is C17H27N3O4S. The molecule has 1 aromatic rings. The Bertz CT molecular complexity index is 704. The number of nitrogens with one attached hydrogen (secondary N) is 2. The Morgan fingerprint density at radius 2 is 2.08 bits per heavy atom. The lowest BCUT2D eigenvalue weighted by atomic mass is 10.0. The van der Waals surface area contributed by atoms with Gasteiger partial charge in [-0.05, 0) is 49.4 Å². The summed E-state index contributed by atoms with van der Waals surface area (Å²) in [5, 5.41) is 12.1. The van der Waals surface area contributed by atoms with Crippen LogP contribution in [0.15, 0.2) is 23.1 Å². The average molecular weight is 369 g/mol. The van der Waals surface area contributed by atoms with Crippen LogP contribution < -0.4 is 10.0 Å². The van der Waals surface area contributed by atoms with Gasteiger partial charge in [-0.3, -0.25) is 0 Å². The van der Waals surface area contributed by atoms with E-state index in [4.69, 9.17) is 0 Å². The predicted molar refractivity (Wildman–Crippen MR) is 95.7 cm³/mol. The summed E-state index contributed by atoms with van der Waals surface area (Å²) in [6.07, 6.45) is 1.34. The van der Waals surface area contributed by atoms with Crippen molar-refractivity contribution in [2.75, 3.05) is 19.6 Å². The Morgan fingerprint density at radius 3 is 2.76 bits per heavy atom. The van der Waals surface area contributed by atoms with E-state index in [9.17, 15) is 18.3 Å². The minimum absolute atomic E-state index is 0.0796. The van der Waals surface area contributed by atoms with E-state index in [2.05, 4.69) is 10.0 Å². The van der Waals surface area contributed by atoms with Crippen molar-refractivity contribution in [3.05, 3.63) is 29.3 Å².